The van der Waals surface area contributed by atoms with Gasteiger partial charge in [0.15, 0.2) is 0 Å². The van der Waals surface area contributed by atoms with Gasteiger partial charge in [-0.25, -0.2) is 0 Å². The van der Waals surface area contributed by atoms with Crippen molar-refractivity contribution in [2.75, 3.05) is 31.6 Å². The number of methoxy groups -OCH3 is 1. The van der Waals surface area contributed by atoms with Crippen LogP contribution in [0, 0.1) is 0 Å². The van der Waals surface area contributed by atoms with Crippen molar-refractivity contribution in [2.24, 2.45) is 5.73 Å². The summed E-state index contributed by atoms with van der Waals surface area (Å²) in [5.41, 5.74) is 6.45. The lowest BCUT2D eigenvalue weighted by atomic mass is 10.2. The molecule has 0 heterocycles. The smallest absolute Gasteiger partial charge is 0.305 e. The maximum Gasteiger partial charge on any atom is 0.305 e. The van der Waals surface area contributed by atoms with E-state index in [0.717, 1.165) is 11.4 Å². The highest BCUT2D eigenvalue weighted by atomic mass is 16.5. The first kappa shape index (κ1) is 13.3. The van der Waals surface area contributed by atoms with Gasteiger partial charge < -0.3 is 20.5 Å². The predicted molar refractivity (Wildman–Crippen MR) is 66.5 cm³/mol. The molecule has 94 valence electrons. The third-order valence-corrected chi connectivity index (χ3v) is 2.41. The van der Waals surface area contributed by atoms with Crippen molar-refractivity contribution in [1.82, 2.24) is 0 Å². The van der Waals surface area contributed by atoms with Crippen LogP contribution in [-0.2, 0) is 4.79 Å². The predicted octanol–water partition coefficient (Wildman–Crippen LogP) is 0.935. The number of hydrogen-bond acceptors (Lipinski definition) is 4. The van der Waals surface area contributed by atoms with Crippen LogP contribution in [0.15, 0.2) is 24.3 Å². The van der Waals surface area contributed by atoms with Gasteiger partial charge in [-0.1, -0.05) is 6.07 Å². The Hall–Kier alpha value is -1.75. The SMILES string of the molecule is COc1cccc(N(CCN)CCC(=O)O)c1. The Bertz CT molecular complexity index is 369. The molecule has 1 aromatic carbocycles. The number of nitrogens with zero attached hydrogens (tertiary/aromatic N) is 1. The number of benzene rings is 1. The van der Waals surface area contributed by atoms with Crippen LogP contribution in [0.3, 0.4) is 0 Å². The molecular formula is C12H18N2O3. The molecule has 0 unspecified atom stereocenters. The minimum atomic E-state index is -0.810. The summed E-state index contributed by atoms with van der Waals surface area (Å²) in [6.45, 7) is 1.55. The van der Waals surface area contributed by atoms with Gasteiger partial charge in [0.05, 0.1) is 13.5 Å². The summed E-state index contributed by atoms with van der Waals surface area (Å²) in [6, 6.07) is 7.51. The van der Waals surface area contributed by atoms with Crippen LogP contribution >= 0.6 is 0 Å². The second-order valence-electron chi connectivity index (χ2n) is 3.62. The van der Waals surface area contributed by atoms with Gasteiger partial charge in [0.2, 0.25) is 0 Å². The third-order valence-electron chi connectivity index (χ3n) is 2.41. The lowest BCUT2D eigenvalue weighted by molar-refractivity contribution is -0.136. The summed E-state index contributed by atoms with van der Waals surface area (Å²) in [4.78, 5) is 12.5. The molecule has 0 fully saturated rings. The van der Waals surface area contributed by atoms with Crippen molar-refractivity contribution < 1.29 is 14.6 Å². The summed E-state index contributed by atoms with van der Waals surface area (Å²) >= 11 is 0. The molecule has 0 aliphatic heterocycles. The van der Waals surface area contributed by atoms with Crippen LogP contribution in [0.1, 0.15) is 6.42 Å². The topological polar surface area (TPSA) is 75.8 Å². The van der Waals surface area contributed by atoms with Gasteiger partial charge in [-0.15, -0.1) is 0 Å². The van der Waals surface area contributed by atoms with Crippen molar-refractivity contribution in [2.45, 2.75) is 6.42 Å². The third kappa shape index (κ3) is 4.32. The van der Waals surface area contributed by atoms with E-state index in [0.29, 0.717) is 19.6 Å². The van der Waals surface area contributed by atoms with E-state index in [1.54, 1.807) is 7.11 Å². The number of hydrogen-bond donors (Lipinski definition) is 2. The Balaban J connectivity index is 2.76. The molecule has 0 bridgehead atoms. The normalized spacial score (nSPS) is 10.0. The van der Waals surface area contributed by atoms with Crippen LogP contribution in [0.2, 0.25) is 0 Å². The van der Waals surface area contributed by atoms with Crippen LogP contribution in [0.4, 0.5) is 5.69 Å². The first-order valence-corrected chi connectivity index (χ1v) is 5.48. The number of carboxylic acid groups (broad SMARTS) is 1. The quantitative estimate of drug-likeness (QED) is 0.739. The zero-order valence-corrected chi connectivity index (χ0v) is 9.93. The first-order valence-electron chi connectivity index (χ1n) is 5.48. The minimum Gasteiger partial charge on any atom is -0.497 e. The fourth-order valence-electron chi connectivity index (χ4n) is 1.56. The first-order chi connectivity index (χ1) is 8.17. The standard InChI is InChI=1S/C12H18N2O3/c1-17-11-4-2-3-10(9-11)14(8-6-13)7-5-12(15)16/h2-4,9H,5-8,13H2,1H3,(H,15,16). The molecule has 0 saturated carbocycles. The maximum absolute atomic E-state index is 10.6. The molecule has 3 N–H and O–H groups in total. The average molecular weight is 238 g/mol. The van der Waals surface area contributed by atoms with E-state index in [1.165, 1.54) is 0 Å². The van der Waals surface area contributed by atoms with E-state index in [9.17, 15) is 4.79 Å². The molecule has 0 aliphatic rings. The maximum atomic E-state index is 10.6. The molecule has 0 spiro atoms. The lowest BCUT2D eigenvalue weighted by Crippen LogP contribution is -2.31. The molecule has 0 radical (unpaired) electrons. The number of rotatable bonds is 7. The Morgan fingerprint density at radius 2 is 2.24 bits per heavy atom. The molecule has 5 nitrogen and oxygen atoms in total. The number of nitrogens with two attached hydrogens (primary N) is 1. The van der Waals surface area contributed by atoms with E-state index in [-0.39, 0.29) is 6.42 Å². The van der Waals surface area contributed by atoms with Crippen LogP contribution in [-0.4, -0.2) is 37.8 Å². The van der Waals surface area contributed by atoms with Crippen molar-refractivity contribution in [3.05, 3.63) is 24.3 Å². The Labute approximate surface area is 101 Å². The summed E-state index contributed by atoms with van der Waals surface area (Å²) in [5, 5.41) is 8.70. The van der Waals surface area contributed by atoms with Crippen LogP contribution < -0.4 is 15.4 Å². The second kappa shape index (κ2) is 6.75. The molecule has 0 aromatic heterocycles. The molecule has 1 rings (SSSR count). The average Bonchev–Trinajstić information content (AvgIpc) is 2.34. The van der Waals surface area contributed by atoms with E-state index in [4.69, 9.17) is 15.6 Å². The zero-order valence-electron chi connectivity index (χ0n) is 9.93. The highest BCUT2D eigenvalue weighted by Crippen LogP contribution is 2.20. The fourth-order valence-corrected chi connectivity index (χ4v) is 1.56. The summed E-state index contributed by atoms with van der Waals surface area (Å²) in [5.74, 6) is -0.0604. The van der Waals surface area contributed by atoms with Gasteiger partial charge in [0.1, 0.15) is 5.75 Å². The summed E-state index contributed by atoms with van der Waals surface area (Å²) in [7, 11) is 1.60. The van der Waals surface area contributed by atoms with E-state index in [1.807, 2.05) is 29.2 Å². The molecule has 0 amide bonds. The lowest BCUT2D eigenvalue weighted by Gasteiger charge is -2.23. The molecule has 0 aliphatic carbocycles. The van der Waals surface area contributed by atoms with Gasteiger partial charge in [-0.2, -0.15) is 0 Å². The van der Waals surface area contributed by atoms with E-state index in [2.05, 4.69) is 0 Å². The van der Waals surface area contributed by atoms with Crippen molar-refractivity contribution in [3.63, 3.8) is 0 Å². The minimum absolute atomic E-state index is 0.0945. The largest absolute Gasteiger partial charge is 0.497 e. The number of ether oxygens (including phenoxy) is 1. The molecular weight excluding hydrogens is 220 g/mol. The zero-order chi connectivity index (χ0) is 12.7. The van der Waals surface area contributed by atoms with Crippen LogP contribution in [0.25, 0.3) is 0 Å². The number of carbonyl (C=O) groups is 1. The number of carboxylic acids is 1. The van der Waals surface area contributed by atoms with Gasteiger partial charge in [0.25, 0.3) is 0 Å². The van der Waals surface area contributed by atoms with Crippen LogP contribution in [0.5, 0.6) is 5.75 Å². The van der Waals surface area contributed by atoms with Crippen molar-refractivity contribution in [3.8, 4) is 5.75 Å². The van der Waals surface area contributed by atoms with Crippen molar-refractivity contribution >= 4 is 11.7 Å². The monoisotopic (exact) mass is 238 g/mol. The summed E-state index contributed by atoms with van der Waals surface area (Å²) < 4.78 is 5.13. The molecule has 17 heavy (non-hydrogen) atoms. The van der Waals surface area contributed by atoms with E-state index >= 15 is 0 Å². The highest BCUT2D eigenvalue weighted by molar-refractivity contribution is 5.67. The second-order valence-corrected chi connectivity index (χ2v) is 3.62. The van der Waals surface area contributed by atoms with Gasteiger partial charge in [0, 0.05) is 31.4 Å². The van der Waals surface area contributed by atoms with Crippen molar-refractivity contribution in [1.29, 1.82) is 0 Å². The van der Waals surface area contributed by atoms with Gasteiger partial charge >= 0.3 is 5.97 Å². The Kier molecular flexibility index (Phi) is 5.29. The Morgan fingerprint density at radius 1 is 1.47 bits per heavy atom. The van der Waals surface area contributed by atoms with Gasteiger partial charge in [-0.3, -0.25) is 4.79 Å². The fraction of sp³-hybridized carbons (Fsp3) is 0.417. The van der Waals surface area contributed by atoms with Gasteiger partial charge in [-0.05, 0) is 12.1 Å². The molecule has 5 heteroatoms. The molecule has 0 atom stereocenters. The molecule has 0 saturated heterocycles. The Morgan fingerprint density at radius 3 is 2.82 bits per heavy atom. The number of anilines is 1. The van der Waals surface area contributed by atoms with E-state index < -0.39 is 5.97 Å². The number of aliphatic carboxylic acids is 1. The molecule has 1 aromatic rings. The highest BCUT2D eigenvalue weighted by Gasteiger charge is 2.08. The summed E-state index contributed by atoms with van der Waals surface area (Å²) in [6.07, 6.45) is 0.0945.